The highest BCUT2D eigenvalue weighted by atomic mass is 19.1. The summed E-state index contributed by atoms with van der Waals surface area (Å²) in [5.41, 5.74) is -0.437. The number of rotatable bonds is 2. The molecule has 1 aromatic rings. The minimum atomic E-state index is -0.687. The van der Waals surface area contributed by atoms with E-state index < -0.39 is 17.5 Å². The average molecular weight is 239 g/mol. The predicted molar refractivity (Wildman–Crippen MR) is 61.6 cm³/mol. The van der Waals surface area contributed by atoms with E-state index in [0.717, 1.165) is 6.07 Å². The standard InChI is InChI=1S/C12H14FNO3/c1-12(2,3)17-11(16)14-9-5-4-8(7-15)10(13)6-9/h4-7H,1-3H3,(H,14,16). The smallest absolute Gasteiger partial charge is 0.412 e. The van der Waals surface area contributed by atoms with Gasteiger partial charge >= 0.3 is 6.09 Å². The second-order valence-corrected chi connectivity index (χ2v) is 4.48. The van der Waals surface area contributed by atoms with Crippen molar-refractivity contribution in [2.24, 2.45) is 0 Å². The van der Waals surface area contributed by atoms with E-state index in [1.807, 2.05) is 0 Å². The molecule has 0 bridgehead atoms. The molecular weight excluding hydrogens is 225 g/mol. The van der Waals surface area contributed by atoms with Crippen LogP contribution in [0, 0.1) is 5.82 Å². The molecule has 0 aliphatic rings. The van der Waals surface area contributed by atoms with Gasteiger partial charge in [0.15, 0.2) is 6.29 Å². The van der Waals surface area contributed by atoms with Gasteiger partial charge in [0.05, 0.1) is 5.56 Å². The maximum Gasteiger partial charge on any atom is 0.412 e. The van der Waals surface area contributed by atoms with E-state index >= 15 is 0 Å². The summed E-state index contributed by atoms with van der Waals surface area (Å²) in [4.78, 5) is 21.8. The van der Waals surface area contributed by atoms with Crippen LogP contribution in [0.5, 0.6) is 0 Å². The number of nitrogens with one attached hydrogen (secondary N) is 1. The molecule has 0 unspecified atom stereocenters. The molecule has 17 heavy (non-hydrogen) atoms. The molecule has 0 spiro atoms. The molecule has 0 saturated carbocycles. The van der Waals surface area contributed by atoms with Gasteiger partial charge in [-0.1, -0.05) is 0 Å². The van der Waals surface area contributed by atoms with Crippen molar-refractivity contribution >= 4 is 18.1 Å². The van der Waals surface area contributed by atoms with Crippen LogP contribution in [0.15, 0.2) is 18.2 Å². The number of carbonyl (C=O) groups is 2. The van der Waals surface area contributed by atoms with Gasteiger partial charge in [-0.25, -0.2) is 9.18 Å². The molecule has 0 aliphatic carbocycles. The summed E-state index contributed by atoms with van der Waals surface area (Å²) in [5, 5.41) is 2.37. The number of benzene rings is 1. The minimum Gasteiger partial charge on any atom is -0.444 e. The lowest BCUT2D eigenvalue weighted by Gasteiger charge is -2.19. The summed E-state index contributed by atoms with van der Waals surface area (Å²) in [6.07, 6.45) is -0.261. The van der Waals surface area contributed by atoms with Gasteiger partial charge in [-0.05, 0) is 39.0 Å². The predicted octanol–water partition coefficient (Wildman–Crippen LogP) is 2.99. The molecule has 0 aliphatic heterocycles. The van der Waals surface area contributed by atoms with E-state index in [9.17, 15) is 14.0 Å². The van der Waals surface area contributed by atoms with E-state index in [1.54, 1.807) is 20.8 Å². The van der Waals surface area contributed by atoms with Gasteiger partial charge in [0.25, 0.3) is 0 Å². The van der Waals surface area contributed by atoms with Gasteiger partial charge in [0, 0.05) is 5.69 Å². The Labute approximate surface area is 98.8 Å². The zero-order valence-corrected chi connectivity index (χ0v) is 9.91. The van der Waals surface area contributed by atoms with Gasteiger partial charge in [-0.15, -0.1) is 0 Å². The zero-order chi connectivity index (χ0) is 13.1. The first kappa shape index (κ1) is 13.2. The summed E-state index contributed by atoms with van der Waals surface area (Å²) in [6.45, 7) is 5.17. The fourth-order valence-electron chi connectivity index (χ4n) is 1.12. The van der Waals surface area contributed by atoms with Crippen molar-refractivity contribution < 1.29 is 18.7 Å². The highest BCUT2D eigenvalue weighted by Gasteiger charge is 2.16. The molecule has 1 rings (SSSR count). The monoisotopic (exact) mass is 239 g/mol. The average Bonchev–Trinajstić information content (AvgIpc) is 2.14. The number of carbonyl (C=O) groups excluding carboxylic acids is 2. The zero-order valence-electron chi connectivity index (χ0n) is 9.91. The van der Waals surface area contributed by atoms with Crippen LogP contribution in [0.4, 0.5) is 14.9 Å². The second-order valence-electron chi connectivity index (χ2n) is 4.48. The van der Waals surface area contributed by atoms with E-state index in [2.05, 4.69) is 5.32 Å². The Balaban J connectivity index is 2.73. The van der Waals surface area contributed by atoms with Crippen LogP contribution in [-0.2, 0) is 4.74 Å². The van der Waals surface area contributed by atoms with Crippen LogP contribution in [-0.4, -0.2) is 18.0 Å². The number of halogens is 1. The third kappa shape index (κ3) is 4.22. The third-order valence-electron chi connectivity index (χ3n) is 1.77. The number of amides is 1. The summed E-state index contributed by atoms with van der Waals surface area (Å²) in [6, 6.07) is 3.78. The number of ether oxygens (including phenoxy) is 1. The van der Waals surface area contributed by atoms with Gasteiger partial charge in [0.1, 0.15) is 11.4 Å². The summed E-state index contributed by atoms with van der Waals surface area (Å²) >= 11 is 0. The quantitative estimate of drug-likeness (QED) is 0.807. The summed E-state index contributed by atoms with van der Waals surface area (Å²) in [7, 11) is 0. The Morgan fingerprint density at radius 1 is 1.41 bits per heavy atom. The molecule has 0 aromatic heterocycles. The molecule has 0 saturated heterocycles. The van der Waals surface area contributed by atoms with E-state index in [4.69, 9.17) is 4.74 Å². The minimum absolute atomic E-state index is 0.0558. The lowest BCUT2D eigenvalue weighted by molar-refractivity contribution is 0.0636. The number of anilines is 1. The van der Waals surface area contributed by atoms with Crippen LogP contribution < -0.4 is 5.32 Å². The first-order chi connectivity index (χ1) is 7.81. The molecule has 0 heterocycles. The third-order valence-corrected chi connectivity index (χ3v) is 1.77. The molecule has 1 aromatic carbocycles. The number of hydrogen-bond donors (Lipinski definition) is 1. The van der Waals surface area contributed by atoms with Crippen LogP contribution >= 0.6 is 0 Å². The van der Waals surface area contributed by atoms with Crippen molar-refractivity contribution in [2.75, 3.05) is 5.32 Å². The Hall–Kier alpha value is -1.91. The molecule has 92 valence electrons. The Kier molecular flexibility index (Phi) is 3.83. The van der Waals surface area contributed by atoms with Crippen LogP contribution in [0.1, 0.15) is 31.1 Å². The van der Waals surface area contributed by atoms with E-state index in [0.29, 0.717) is 6.29 Å². The molecule has 1 N–H and O–H groups in total. The van der Waals surface area contributed by atoms with Crippen molar-refractivity contribution in [1.82, 2.24) is 0 Å². The van der Waals surface area contributed by atoms with Crippen molar-refractivity contribution in [2.45, 2.75) is 26.4 Å². The van der Waals surface area contributed by atoms with Crippen molar-refractivity contribution in [1.29, 1.82) is 0 Å². The van der Waals surface area contributed by atoms with E-state index in [1.165, 1.54) is 12.1 Å². The van der Waals surface area contributed by atoms with Gasteiger partial charge in [0.2, 0.25) is 0 Å². The highest BCUT2D eigenvalue weighted by molar-refractivity contribution is 5.86. The molecule has 0 fully saturated rings. The molecule has 0 atom stereocenters. The normalized spacial score (nSPS) is 10.8. The largest absolute Gasteiger partial charge is 0.444 e. The fraction of sp³-hybridized carbons (Fsp3) is 0.333. The van der Waals surface area contributed by atoms with Crippen LogP contribution in [0.2, 0.25) is 0 Å². The topological polar surface area (TPSA) is 55.4 Å². The molecular formula is C12H14FNO3. The molecule has 0 radical (unpaired) electrons. The Morgan fingerprint density at radius 2 is 2.06 bits per heavy atom. The first-order valence-electron chi connectivity index (χ1n) is 5.06. The number of hydrogen-bond acceptors (Lipinski definition) is 3. The first-order valence-corrected chi connectivity index (χ1v) is 5.06. The SMILES string of the molecule is CC(C)(C)OC(=O)Nc1ccc(C=O)c(F)c1. The molecule has 5 heteroatoms. The van der Waals surface area contributed by atoms with Crippen molar-refractivity contribution in [3.63, 3.8) is 0 Å². The van der Waals surface area contributed by atoms with E-state index in [-0.39, 0.29) is 11.3 Å². The molecule has 4 nitrogen and oxygen atoms in total. The second kappa shape index (κ2) is 4.95. The highest BCUT2D eigenvalue weighted by Crippen LogP contribution is 2.15. The lowest BCUT2D eigenvalue weighted by Crippen LogP contribution is -2.27. The van der Waals surface area contributed by atoms with Gasteiger partial charge < -0.3 is 4.74 Å². The Morgan fingerprint density at radius 3 is 2.53 bits per heavy atom. The number of aldehydes is 1. The lowest BCUT2D eigenvalue weighted by atomic mass is 10.2. The fourth-order valence-corrected chi connectivity index (χ4v) is 1.12. The van der Waals surface area contributed by atoms with Crippen molar-refractivity contribution in [3.8, 4) is 0 Å². The summed E-state index contributed by atoms with van der Waals surface area (Å²) in [5.74, 6) is -0.687. The summed E-state index contributed by atoms with van der Waals surface area (Å²) < 4.78 is 18.2. The maximum absolute atomic E-state index is 13.2. The van der Waals surface area contributed by atoms with Crippen molar-refractivity contribution in [3.05, 3.63) is 29.6 Å². The van der Waals surface area contributed by atoms with Gasteiger partial charge in [-0.2, -0.15) is 0 Å². The van der Waals surface area contributed by atoms with Crippen LogP contribution in [0.25, 0.3) is 0 Å². The Bertz CT molecular complexity index is 438. The van der Waals surface area contributed by atoms with Crippen LogP contribution in [0.3, 0.4) is 0 Å². The van der Waals surface area contributed by atoms with Gasteiger partial charge in [-0.3, -0.25) is 10.1 Å². The maximum atomic E-state index is 13.2. The molecule has 1 amide bonds.